The van der Waals surface area contributed by atoms with Gasteiger partial charge in [-0.1, -0.05) is 0 Å². The van der Waals surface area contributed by atoms with Crippen molar-refractivity contribution >= 4 is 12.3 Å². The smallest absolute Gasteiger partial charge is 0.274 e. The average molecular weight is 262 g/mol. The number of piperazine rings is 1. The molecule has 2 heterocycles. The van der Waals surface area contributed by atoms with Crippen molar-refractivity contribution in [2.24, 2.45) is 7.05 Å². The summed E-state index contributed by atoms with van der Waals surface area (Å²) in [5.74, 6) is 0.0179. The minimum atomic E-state index is 0.0179. The molecule has 2 aliphatic rings. The molecule has 1 aliphatic carbocycles. The lowest BCUT2D eigenvalue weighted by Gasteiger charge is -2.32. The van der Waals surface area contributed by atoms with Crippen molar-refractivity contribution in [3.8, 4) is 0 Å². The van der Waals surface area contributed by atoms with Crippen LogP contribution in [0.4, 0.5) is 0 Å². The van der Waals surface area contributed by atoms with Crippen LogP contribution in [0.1, 0.15) is 28.2 Å². The van der Waals surface area contributed by atoms with Gasteiger partial charge in [0, 0.05) is 44.5 Å². The molecule has 0 aromatic carbocycles. The number of aromatic nitrogens is 2. The van der Waals surface area contributed by atoms with Crippen LogP contribution in [0.2, 0.25) is 0 Å². The molecule has 1 aromatic heterocycles. The standard InChI is InChI=1S/C13H18N4O2/c1-15-11-4-2-3-10(11)12(14-15)13(19)17-7-5-16(9-18)6-8-17/h9H,2-8H2,1H3. The van der Waals surface area contributed by atoms with Gasteiger partial charge in [0.05, 0.1) is 0 Å². The van der Waals surface area contributed by atoms with E-state index in [0.717, 1.165) is 31.2 Å². The van der Waals surface area contributed by atoms with Gasteiger partial charge >= 0.3 is 0 Å². The van der Waals surface area contributed by atoms with Gasteiger partial charge in [-0.3, -0.25) is 14.3 Å². The van der Waals surface area contributed by atoms with Crippen LogP contribution < -0.4 is 0 Å². The van der Waals surface area contributed by atoms with E-state index in [2.05, 4.69) is 5.10 Å². The molecule has 0 spiro atoms. The molecule has 6 nitrogen and oxygen atoms in total. The maximum Gasteiger partial charge on any atom is 0.274 e. The second-order valence-corrected chi connectivity index (χ2v) is 5.18. The van der Waals surface area contributed by atoms with Crippen molar-refractivity contribution < 1.29 is 9.59 Å². The molecular formula is C13H18N4O2. The number of carbonyl (C=O) groups is 2. The van der Waals surface area contributed by atoms with Gasteiger partial charge in [-0.15, -0.1) is 0 Å². The number of carbonyl (C=O) groups excluding carboxylic acids is 2. The lowest BCUT2D eigenvalue weighted by molar-refractivity contribution is -0.119. The van der Waals surface area contributed by atoms with Crippen LogP contribution in [0, 0.1) is 0 Å². The van der Waals surface area contributed by atoms with Crippen molar-refractivity contribution in [1.82, 2.24) is 19.6 Å². The van der Waals surface area contributed by atoms with Gasteiger partial charge in [0.25, 0.3) is 5.91 Å². The molecule has 1 saturated heterocycles. The van der Waals surface area contributed by atoms with Crippen LogP contribution in [-0.2, 0) is 24.7 Å². The molecule has 3 rings (SSSR count). The highest BCUT2D eigenvalue weighted by Gasteiger charge is 2.29. The molecule has 0 unspecified atom stereocenters. The van der Waals surface area contributed by atoms with Crippen molar-refractivity contribution in [1.29, 1.82) is 0 Å². The second-order valence-electron chi connectivity index (χ2n) is 5.18. The summed E-state index contributed by atoms with van der Waals surface area (Å²) >= 11 is 0. The highest BCUT2D eigenvalue weighted by molar-refractivity contribution is 5.94. The minimum absolute atomic E-state index is 0.0179. The fourth-order valence-electron chi connectivity index (χ4n) is 2.96. The molecule has 0 N–H and O–H groups in total. The summed E-state index contributed by atoms with van der Waals surface area (Å²) in [6, 6.07) is 0. The molecule has 2 amide bonds. The second kappa shape index (κ2) is 4.68. The summed E-state index contributed by atoms with van der Waals surface area (Å²) in [6.45, 7) is 2.43. The van der Waals surface area contributed by atoms with Crippen LogP contribution >= 0.6 is 0 Å². The van der Waals surface area contributed by atoms with Gasteiger partial charge in [0.1, 0.15) is 0 Å². The summed E-state index contributed by atoms with van der Waals surface area (Å²) < 4.78 is 1.84. The molecule has 0 radical (unpaired) electrons. The van der Waals surface area contributed by atoms with Gasteiger partial charge in [-0.05, 0) is 19.3 Å². The quantitative estimate of drug-likeness (QED) is 0.695. The lowest BCUT2D eigenvalue weighted by atomic mass is 10.1. The number of hydrogen-bond acceptors (Lipinski definition) is 3. The molecule has 0 bridgehead atoms. The SMILES string of the molecule is Cn1nc(C(=O)N2CCN(C=O)CC2)c2c1CCC2. The van der Waals surface area contributed by atoms with Crippen LogP contribution in [0.25, 0.3) is 0 Å². The summed E-state index contributed by atoms with van der Waals surface area (Å²) in [4.78, 5) is 26.7. The zero-order valence-electron chi connectivity index (χ0n) is 11.1. The Hall–Kier alpha value is -1.85. The first kappa shape index (κ1) is 12.2. The van der Waals surface area contributed by atoms with Crippen LogP contribution in [0.15, 0.2) is 0 Å². The first-order valence-corrected chi connectivity index (χ1v) is 6.74. The zero-order chi connectivity index (χ0) is 13.4. The number of amides is 2. The molecule has 102 valence electrons. The molecule has 6 heteroatoms. The van der Waals surface area contributed by atoms with Gasteiger partial charge in [-0.25, -0.2) is 0 Å². The Kier molecular flexibility index (Phi) is 3.00. The molecule has 0 atom stereocenters. The van der Waals surface area contributed by atoms with Gasteiger partial charge in [-0.2, -0.15) is 5.10 Å². The predicted octanol–water partition coefficient (Wildman–Crippen LogP) is -0.177. The van der Waals surface area contributed by atoms with E-state index in [4.69, 9.17) is 0 Å². The van der Waals surface area contributed by atoms with Gasteiger partial charge in [0.15, 0.2) is 5.69 Å². The third-order valence-electron chi connectivity index (χ3n) is 4.07. The normalized spacial score (nSPS) is 18.6. The van der Waals surface area contributed by atoms with Crippen LogP contribution in [-0.4, -0.2) is 58.1 Å². The van der Waals surface area contributed by atoms with E-state index >= 15 is 0 Å². The monoisotopic (exact) mass is 262 g/mol. The average Bonchev–Trinajstić information content (AvgIpc) is 3.03. The summed E-state index contributed by atoms with van der Waals surface area (Å²) in [5, 5.41) is 4.39. The van der Waals surface area contributed by atoms with Crippen LogP contribution in [0.3, 0.4) is 0 Å². The molecular weight excluding hydrogens is 244 g/mol. The summed E-state index contributed by atoms with van der Waals surface area (Å²) in [6.07, 6.45) is 3.93. The number of nitrogens with zero attached hydrogens (tertiary/aromatic N) is 4. The van der Waals surface area contributed by atoms with Crippen molar-refractivity contribution in [2.45, 2.75) is 19.3 Å². The molecule has 1 fully saturated rings. The third-order valence-corrected chi connectivity index (χ3v) is 4.07. The Bertz CT molecular complexity index is 515. The van der Waals surface area contributed by atoms with E-state index in [1.54, 1.807) is 9.80 Å². The van der Waals surface area contributed by atoms with E-state index in [0.29, 0.717) is 31.9 Å². The topological polar surface area (TPSA) is 58.4 Å². The largest absolute Gasteiger partial charge is 0.342 e. The van der Waals surface area contributed by atoms with Crippen molar-refractivity contribution in [3.05, 3.63) is 17.0 Å². The lowest BCUT2D eigenvalue weighted by Crippen LogP contribution is -2.48. The first-order chi connectivity index (χ1) is 9.20. The Morgan fingerprint density at radius 3 is 2.63 bits per heavy atom. The first-order valence-electron chi connectivity index (χ1n) is 6.74. The molecule has 1 aliphatic heterocycles. The van der Waals surface area contributed by atoms with E-state index in [1.807, 2.05) is 11.7 Å². The van der Waals surface area contributed by atoms with E-state index in [-0.39, 0.29) is 5.91 Å². The van der Waals surface area contributed by atoms with Crippen molar-refractivity contribution in [3.63, 3.8) is 0 Å². The minimum Gasteiger partial charge on any atom is -0.342 e. The van der Waals surface area contributed by atoms with E-state index < -0.39 is 0 Å². The molecule has 19 heavy (non-hydrogen) atoms. The van der Waals surface area contributed by atoms with E-state index in [9.17, 15) is 9.59 Å². The maximum absolute atomic E-state index is 12.5. The summed E-state index contributed by atoms with van der Waals surface area (Å²) in [7, 11) is 1.91. The highest BCUT2D eigenvalue weighted by atomic mass is 16.2. The highest BCUT2D eigenvalue weighted by Crippen LogP contribution is 2.25. The summed E-state index contributed by atoms with van der Waals surface area (Å²) in [5.41, 5.74) is 2.95. The molecule has 1 aromatic rings. The Balaban J connectivity index is 1.78. The maximum atomic E-state index is 12.5. The van der Waals surface area contributed by atoms with Crippen LogP contribution in [0.5, 0.6) is 0 Å². The predicted molar refractivity (Wildman–Crippen MR) is 68.8 cm³/mol. The number of aryl methyl sites for hydroxylation is 1. The van der Waals surface area contributed by atoms with Crippen molar-refractivity contribution in [2.75, 3.05) is 26.2 Å². The zero-order valence-corrected chi connectivity index (χ0v) is 11.1. The fraction of sp³-hybridized carbons (Fsp3) is 0.615. The van der Waals surface area contributed by atoms with Gasteiger partial charge in [0.2, 0.25) is 6.41 Å². The number of hydrogen-bond donors (Lipinski definition) is 0. The molecule has 0 saturated carbocycles. The Morgan fingerprint density at radius 1 is 1.21 bits per heavy atom. The Morgan fingerprint density at radius 2 is 1.95 bits per heavy atom. The fourth-order valence-corrected chi connectivity index (χ4v) is 2.96. The van der Waals surface area contributed by atoms with Gasteiger partial charge < -0.3 is 9.80 Å². The Labute approximate surface area is 112 Å². The number of rotatable bonds is 2. The number of fused-ring (bicyclic) bond motifs is 1. The third kappa shape index (κ3) is 2.01. The van der Waals surface area contributed by atoms with E-state index in [1.165, 1.54) is 5.69 Å².